The summed E-state index contributed by atoms with van der Waals surface area (Å²) in [6, 6.07) is 2.35. The molecule has 2 rings (SSSR count). The number of carbonyl (C=O) groups excluding carboxylic acids is 3. The van der Waals surface area contributed by atoms with Gasteiger partial charge < -0.3 is 5.32 Å². The third-order valence-electron chi connectivity index (χ3n) is 4.17. The number of carbonyl (C=O) groups is 3. The van der Waals surface area contributed by atoms with Gasteiger partial charge >= 0.3 is 0 Å². The number of aryl methyl sites for hydroxylation is 2. The molecular formula is C17H22N2O3. The number of nitrogens with zero attached hydrogens (tertiary/aromatic N) is 1. The Morgan fingerprint density at radius 1 is 1.18 bits per heavy atom. The monoisotopic (exact) mass is 302 g/mol. The van der Waals surface area contributed by atoms with E-state index in [-0.39, 0.29) is 17.5 Å². The second kappa shape index (κ2) is 5.91. The molecule has 0 aromatic heterocycles. The van der Waals surface area contributed by atoms with Gasteiger partial charge in [-0.15, -0.1) is 0 Å². The van der Waals surface area contributed by atoms with Crippen LogP contribution in [-0.2, 0) is 14.4 Å². The van der Waals surface area contributed by atoms with Crippen LogP contribution in [0.5, 0.6) is 0 Å². The van der Waals surface area contributed by atoms with E-state index in [1.165, 1.54) is 18.7 Å². The average Bonchev–Trinajstić information content (AvgIpc) is 2.43. The Bertz CT molecular complexity index is 638. The number of rotatable bonds is 4. The summed E-state index contributed by atoms with van der Waals surface area (Å²) in [6.45, 7) is 8.54. The quantitative estimate of drug-likeness (QED) is 0.867. The molecule has 118 valence electrons. The molecule has 5 heteroatoms. The molecule has 1 amide bonds. The van der Waals surface area contributed by atoms with Gasteiger partial charge in [-0.25, -0.2) is 0 Å². The molecule has 0 bridgehead atoms. The van der Waals surface area contributed by atoms with Crippen molar-refractivity contribution in [3.8, 4) is 0 Å². The summed E-state index contributed by atoms with van der Waals surface area (Å²) in [5.41, 5.74) is 3.51. The molecule has 1 aliphatic heterocycles. The van der Waals surface area contributed by atoms with Gasteiger partial charge in [0.15, 0.2) is 17.6 Å². The maximum Gasteiger partial charge on any atom is 0.250 e. The number of fused-ring (bicyclic) bond motifs is 1. The summed E-state index contributed by atoms with van der Waals surface area (Å²) in [5, 5.41) is 3.21. The minimum Gasteiger partial charge on any atom is -0.372 e. The smallest absolute Gasteiger partial charge is 0.250 e. The Morgan fingerprint density at radius 2 is 1.73 bits per heavy atom. The molecule has 1 aromatic rings. The predicted molar refractivity (Wildman–Crippen MR) is 86.3 cm³/mol. The van der Waals surface area contributed by atoms with E-state index in [1.54, 1.807) is 0 Å². The Hall–Kier alpha value is -2.17. The molecule has 0 aliphatic carbocycles. The van der Waals surface area contributed by atoms with Gasteiger partial charge in [0.1, 0.15) is 6.04 Å². The first kappa shape index (κ1) is 16.2. The first-order valence-corrected chi connectivity index (χ1v) is 7.49. The zero-order chi connectivity index (χ0) is 16.6. The Kier molecular flexibility index (Phi) is 4.35. The van der Waals surface area contributed by atoms with Crippen molar-refractivity contribution in [1.82, 2.24) is 0 Å². The molecule has 5 nitrogen and oxygen atoms in total. The fourth-order valence-corrected chi connectivity index (χ4v) is 2.84. The van der Waals surface area contributed by atoms with Crippen molar-refractivity contribution in [2.45, 2.75) is 53.1 Å². The van der Waals surface area contributed by atoms with Crippen LogP contribution < -0.4 is 10.2 Å². The summed E-state index contributed by atoms with van der Waals surface area (Å²) in [4.78, 5) is 38.0. The molecule has 0 saturated carbocycles. The van der Waals surface area contributed by atoms with Crippen molar-refractivity contribution in [3.63, 3.8) is 0 Å². The van der Waals surface area contributed by atoms with E-state index in [0.29, 0.717) is 12.1 Å². The van der Waals surface area contributed by atoms with E-state index in [0.717, 1.165) is 16.8 Å². The standard InChI is InChI=1S/C17H22N2O3/c1-6-13-17(22)19(16(11(4)20)12(5)21)15-8-10(3)9(2)7-14(15)18-13/h7-8,13,16,18H,6H2,1-5H3. The van der Waals surface area contributed by atoms with Crippen LogP contribution in [0.1, 0.15) is 38.3 Å². The van der Waals surface area contributed by atoms with Crippen molar-refractivity contribution >= 4 is 28.8 Å². The third-order valence-corrected chi connectivity index (χ3v) is 4.17. The summed E-state index contributed by atoms with van der Waals surface area (Å²) in [7, 11) is 0. The third kappa shape index (κ3) is 2.63. The highest BCUT2D eigenvalue weighted by Gasteiger charge is 2.39. The second-order valence-electron chi connectivity index (χ2n) is 5.89. The number of amides is 1. The Balaban J connectivity index is 2.65. The van der Waals surface area contributed by atoms with Crippen LogP contribution in [0.2, 0.25) is 0 Å². The van der Waals surface area contributed by atoms with E-state index in [2.05, 4.69) is 5.32 Å². The molecule has 0 saturated heterocycles. The van der Waals surface area contributed by atoms with Crippen LogP contribution in [0.4, 0.5) is 11.4 Å². The molecule has 1 aromatic carbocycles. The molecule has 1 aliphatic rings. The van der Waals surface area contributed by atoms with Crippen LogP contribution in [0.25, 0.3) is 0 Å². The summed E-state index contributed by atoms with van der Waals surface area (Å²) < 4.78 is 0. The minimum absolute atomic E-state index is 0.228. The van der Waals surface area contributed by atoms with Gasteiger partial charge in [0.25, 0.3) is 5.91 Å². The van der Waals surface area contributed by atoms with Gasteiger partial charge in [-0.2, -0.15) is 0 Å². The lowest BCUT2D eigenvalue weighted by Crippen LogP contribution is -2.56. The van der Waals surface area contributed by atoms with Gasteiger partial charge in [-0.05, 0) is 57.4 Å². The zero-order valence-corrected chi connectivity index (χ0v) is 13.7. The van der Waals surface area contributed by atoms with Crippen LogP contribution in [0, 0.1) is 13.8 Å². The van der Waals surface area contributed by atoms with Crippen molar-refractivity contribution < 1.29 is 14.4 Å². The predicted octanol–water partition coefficient (Wildman–Crippen LogP) is 2.39. The van der Waals surface area contributed by atoms with Crippen LogP contribution >= 0.6 is 0 Å². The maximum atomic E-state index is 12.7. The Labute approximate surface area is 130 Å². The molecule has 22 heavy (non-hydrogen) atoms. The maximum absolute atomic E-state index is 12.7. The van der Waals surface area contributed by atoms with Crippen molar-refractivity contribution in [1.29, 1.82) is 0 Å². The highest BCUT2D eigenvalue weighted by atomic mass is 16.2. The van der Waals surface area contributed by atoms with E-state index in [9.17, 15) is 14.4 Å². The normalized spacial score (nSPS) is 17.3. The highest BCUT2D eigenvalue weighted by molar-refractivity contribution is 6.17. The molecule has 1 unspecified atom stereocenters. The van der Waals surface area contributed by atoms with Crippen molar-refractivity contribution in [2.75, 3.05) is 10.2 Å². The van der Waals surface area contributed by atoms with Crippen molar-refractivity contribution in [2.24, 2.45) is 0 Å². The lowest BCUT2D eigenvalue weighted by molar-refractivity contribution is -0.130. The number of hydrogen-bond donors (Lipinski definition) is 1. The lowest BCUT2D eigenvalue weighted by atomic mass is 9.98. The van der Waals surface area contributed by atoms with Gasteiger partial charge in [-0.3, -0.25) is 19.3 Å². The average molecular weight is 302 g/mol. The van der Waals surface area contributed by atoms with Gasteiger partial charge in [-0.1, -0.05) is 6.92 Å². The number of nitrogens with one attached hydrogen (secondary N) is 1. The van der Waals surface area contributed by atoms with Gasteiger partial charge in [0.2, 0.25) is 0 Å². The molecular weight excluding hydrogens is 280 g/mol. The first-order chi connectivity index (χ1) is 10.3. The number of benzene rings is 1. The SMILES string of the molecule is CCC1Nc2cc(C)c(C)cc2N(C(C(C)=O)C(C)=O)C1=O. The van der Waals surface area contributed by atoms with Gasteiger partial charge in [0, 0.05) is 0 Å². The number of Topliss-reactive ketones (excluding diaryl/α,β-unsaturated/α-hetero) is 2. The number of hydrogen-bond acceptors (Lipinski definition) is 4. The minimum atomic E-state index is -1.05. The highest BCUT2D eigenvalue weighted by Crippen LogP contribution is 2.36. The fourth-order valence-electron chi connectivity index (χ4n) is 2.84. The Morgan fingerprint density at radius 3 is 2.23 bits per heavy atom. The van der Waals surface area contributed by atoms with E-state index in [4.69, 9.17) is 0 Å². The van der Waals surface area contributed by atoms with Gasteiger partial charge in [0.05, 0.1) is 11.4 Å². The molecule has 0 fully saturated rings. The topological polar surface area (TPSA) is 66.5 Å². The molecule has 1 heterocycles. The van der Waals surface area contributed by atoms with Crippen LogP contribution in [0.3, 0.4) is 0 Å². The second-order valence-corrected chi connectivity index (χ2v) is 5.89. The largest absolute Gasteiger partial charge is 0.372 e. The number of anilines is 2. The summed E-state index contributed by atoms with van der Waals surface area (Å²) in [6.07, 6.45) is 0.588. The van der Waals surface area contributed by atoms with E-state index >= 15 is 0 Å². The molecule has 1 atom stereocenters. The van der Waals surface area contributed by atoms with E-state index in [1.807, 2.05) is 32.9 Å². The van der Waals surface area contributed by atoms with Crippen LogP contribution in [0.15, 0.2) is 12.1 Å². The van der Waals surface area contributed by atoms with Crippen molar-refractivity contribution in [3.05, 3.63) is 23.3 Å². The lowest BCUT2D eigenvalue weighted by Gasteiger charge is -2.38. The summed E-state index contributed by atoms with van der Waals surface area (Å²) in [5.74, 6) is -0.864. The fraction of sp³-hybridized carbons (Fsp3) is 0.471. The summed E-state index contributed by atoms with van der Waals surface area (Å²) >= 11 is 0. The number of ketones is 2. The zero-order valence-electron chi connectivity index (χ0n) is 13.7. The molecule has 0 spiro atoms. The van der Waals surface area contributed by atoms with E-state index < -0.39 is 12.1 Å². The first-order valence-electron chi connectivity index (χ1n) is 7.49. The van der Waals surface area contributed by atoms with Crippen LogP contribution in [-0.4, -0.2) is 29.6 Å². The molecule has 1 N–H and O–H groups in total. The molecule has 0 radical (unpaired) electrons.